The summed E-state index contributed by atoms with van der Waals surface area (Å²) in [7, 11) is 1.60. The van der Waals surface area contributed by atoms with Gasteiger partial charge in [0.05, 0.1) is 20.1 Å². The lowest BCUT2D eigenvalue weighted by atomic mass is 10.1. The average molecular weight is 279 g/mol. The van der Waals surface area contributed by atoms with Crippen LogP contribution in [0.25, 0.3) is 0 Å². The Morgan fingerprint density at radius 3 is 2.30 bits per heavy atom. The number of nitrogens with zero attached hydrogens (tertiary/aromatic N) is 1. The van der Waals surface area contributed by atoms with Crippen molar-refractivity contribution in [1.29, 1.82) is 0 Å². The second kappa shape index (κ2) is 8.19. The Balaban J connectivity index is 2.59. The molecule has 1 aromatic rings. The zero-order valence-electron chi connectivity index (χ0n) is 12.2. The topological polar surface area (TPSA) is 55.8 Å². The molecule has 5 heteroatoms. The summed E-state index contributed by atoms with van der Waals surface area (Å²) in [5.41, 5.74) is 0.887. The predicted octanol–water partition coefficient (Wildman–Crippen LogP) is 1.65. The van der Waals surface area contributed by atoms with Crippen LogP contribution in [0.3, 0.4) is 0 Å². The van der Waals surface area contributed by atoms with Crippen LogP contribution in [-0.2, 0) is 20.7 Å². The lowest BCUT2D eigenvalue weighted by Crippen LogP contribution is -2.37. The molecule has 0 atom stereocenters. The van der Waals surface area contributed by atoms with Crippen molar-refractivity contribution in [3.63, 3.8) is 0 Å². The van der Waals surface area contributed by atoms with Gasteiger partial charge in [-0.25, -0.2) is 0 Å². The molecule has 0 aliphatic carbocycles. The van der Waals surface area contributed by atoms with Crippen molar-refractivity contribution in [3.05, 3.63) is 29.8 Å². The molecule has 0 spiro atoms. The molecule has 110 valence electrons. The summed E-state index contributed by atoms with van der Waals surface area (Å²) in [6.07, 6.45) is 0.261. The first-order chi connectivity index (χ1) is 9.60. The van der Waals surface area contributed by atoms with Crippen molar-refractivity contribution in [2.75, 3.05) is 26.8 Å². The average Bonchev–Trinajstić information content (AvgIpc) is 2.45. The van der Waals surface area contributed by atoms with Crippen molar-refractivity contribution in [3.8, 4) is 5.75 Å². The van der Waals surface area contributed by atoms with E-state index in [1.165, 1.54) is 4.90 Å². The minimum atomic E-state index is -0.377. The third-order valence-corrected chi connectivity index (χ3v) is 2.87. The quantitative estimate of drug-likeness (QED) is 0.712. The number of amides is 1. The molecule has 5 nitrogen and oxygen atoms in total. The van der Waals surface area contributed by atoms with E-state index < -0.39 is 0 Å². The Labute approximate surface area is 119 Å². The molecule has 0 N–H and O–H groups in total. The first-order valence-electron chi connectivity index (χ1n) is 6.67. The van der Waals surface area contributed by atoms with Crippen LogP contribution in [0.2, 0.25) is 0 Å². The Morgan fingerprint density at radius 1 is 1.15 bits per heavy atom. The molecule has 0 bridgehead atoms. The fourth-order valence-electron chi connectivity index (χ4n) is 1.77. The fourth-order valence-corrected chi connectivity index (χ4v) is 1.77. The standard InChI is InChI=1S/C15H21NO4/c1-4-16(11-15(18)20-5-2)14(17)10-12-6-8-13(19-3)9-7-12/h6-9H,4-5,10-11H2,1-3H3. The molecule has 0 radical (unpaired) electrons. The van der Waals surface area contributed by atoms with E-state index in [0.29, 0.717) is 13.2 Å². The number of ether oxygens (including phenoxy) is 2. The van der Waals surface area contributed by atoms with Crippen molar-refractivity contribution >= 4 is 11.9 Å². The monoisotopic (exact) mass is 279 g/mol. The highest BCUT2D eigenvalue weighted by atomic mass is 16.5. The van der Waals surface area contributed by atoms with E-state index in [1.54, 1.807) is 14.0 Å². The first-order valence-corrected chi connectivity index (χ1v) is 6.67. The molecule has 0 saturated heterocycles. The Bertz CT molecular complexity index is 442. The molecule has 1 aromatic carbocycles. The number of benzene rings is 1. The van der Waals surface area contributed by atoms with E-state index in [1.807, 2.05) is 31.2 Å². The van der Waals surface area contributed by atoms with Crippen LogP contribution in [0.15, 0.2) is 24.3 Å². The highest BCUT2D eigenvalue weighted by Crippen LogP contribution is 2.12. The smallest absolute Gasteiger partial charge is 0.325 e. The van der Waals surface area contributed by atoms with E-state index in [0.717, 1.165) is 11.3 Å². The summed E-state index contributed by atoms with van der Waals surface area (Å²) >= 11 is 0. The summed E-state index contributed by atoms with van der Waals surface area (Å²) in [5, 5.41) is 0. The SMILES string of the molecule is CCOC(=O)CN(CC)C(=O)Cc1ccc(OC)cc1. The van der Waals surface area contributed by atoms with Gasteiger partial charge in [-0.1, -0.05) is 12.1 Å². The Morgan fingerprint density at radius 2 is 1.80 bits per heavy atom. The van der Waals surface area contributed by atoms with Gasteiger partial charge in [-0.2, -0.15) is 0 Å². The van der Waals surface area contributed by atoms with E-state index in [9.17, 15) is 9.59 Å². The lowest BCUT2D eigenvalue weighted by Gasteiger charge is -2.19. The number of carbonyl (C=O) groups is 2. The molecule has 1 rings (SSSR count). The lowest BCUT2D eigenvalue weighted by molar-refractivity contribution is -0.148. The molecule has 0 aromatic heterocycles. The van der Waals surface area contributed by atoms with Crippen LogP contribution in [0.1, 0.15) is 19.4 Å². The number of likely N-dealkylation sites (N-methyl/N-ethyl adjacent to an activating group) is 1. The second-order valence-electron chi connectivity index (χ2n) is 4.24. The molecule has 0 aliphatic rings. The normalized spacial score (nSPS) is 9.95. The van der Waals surface area contributed by atoms with Gasteiger partial charge >= 0.3 is 5.97 Å². The Kier molecular flexibility index (Phi) is 6.56. The van der Waals surface area contributed by atoms with E-state index in [2.05, 4.69) is 0 Å². The molecule has 0 saturated carbocycles. The zero-order chi connectivity index (χ0) is 15.0. The van der Waals surface area contributed by atoms with Crippen LogP contribution in [-0.4, -0.2) is 43.6 Å². The maximum Gasteiger partial charge on any atom is 0.325 e. The van der Waals surface area contributed by atoms with Crippen LogP contribution in [0, 0.1) is 0 Å². The van der Waals surface area contributed by atoms with E-state index >= 15 is 0 Å². The van der Waals surface area contributed by atoms with E-state index in [-0.39, 0.29) is 24.8 Å². The van der Waals surface area contributed by atoms with E-state index in [4.69, 9.17) is 9.47 Å². The fraction of sp³-hybridized carbons (Fsp3) is 0.467. The molecule has 20 heavy (non-hydrogen) atoms. The molecule has 0 fully saturated rings. The van der Waals surface area contributed by atoms with Crippen LogP contribution >= 0.6 is 0 Å². The second-order valence-corrected chi connectivity index (χ2v) is 4.24. The molecule has 1 amide bonds. The van der Waals surface area contributed by atoms with Crippen molar-refractivity contribution in [1.82, 2.24) is 4.90 Å². The maximum absolute atomic E-state index is 12.1. The highest BCUT2D eigenvalue weighted by molar-refractivity contribution is 5.83. The number of rotatable bonds is 7. The van der Waals surface area contributed by atoms with Gasteiger partial charge in [0.25, 0.3) is 0 Å². The summed E-state index contributed by atoms with van der Waals surface area (Å²) in [6.45, 7) is 4.38. The van der Waals surface area contributed by atoms with Crippen molar-refractivity contribution in [2.45, 2.75) is 20.3 Å². The number of methoxy groups -OCH3 is 1. The molecule has 0 heterocycles. The van der Waals surface area contributed by atoms with Crippen LogP contribution in [0.4, 0.5) is 0 Å². The van der Waals surface area contributed by atoms with Gasteiger partial charge in [0, 0.05) is 6.54 Å². The van der Waals surface area contributed by atoms with Gasteiger partial charge < -0.3 is 14.4 Å². The molecular formula is C15H21NO4. The minimum absolute atomic E-state index is 0.000667. The Hall–Kier alpha value is -2.04. The van der Waals surface area contributed by atoms with Crippen LogP contribution in [0.5, 0.6) is 5.75 Å². The van der Waals surface area contributed by atoms with Gasteiger partial charge in [0.1, 0.15) is 12.3 Å². The molecular weight excluding hydrogens is 258 g/mol. The molecule has 0 aliphatic heterocycles. The predicted molar refractivity (Wildman–Crippen MR) is 75.6 cm³/mol. The minimum Gasteiger partial charge on any atom is -0.497 e. The summed E-state index contributed by atoms with van der Waals surface area (Å²) in [4.78, 5) is 25.0. The largest absolute Gasteiger partial charge is 0.497 e. The summed E-state index contributed by atoms with van der Waals surface area (Å²) in [5.74, 6) is 0.281. The maximum atomic E-state index is 12.1. The van der Waals surface area contributed by atoms with Gasteiger partial charge in [-0.15, -0.1) is 0 Å². The zero-order valence-corrected chi connectivity index (χ0v) is 12.2. The number of esters is 1. The first kappa shape index (κ1) is 16.0. The summed E-state index contributed by atoms with van der Waals surface area (Å²) in [6, 6.07) is 7.30. The number of carbonyl (C=O) groups excluding carboxylic acids is 2. The van der Waals surface area contributed by atoms with Gasteiger partial charge in [0.15, 0.2) is 0 Å². The highest BCUT2D eigenvalue weighted by Gasteiger charge is 2.16. The molecule has 0 unspecified atom stereocenters. The van der Waals surface area contributed by atoms with Crippen molar-refractivity contribution in [2.24, 2.45) is 0 Å². The van der Waals surface area contributed by atoms with Gasteiger partial charge in [0.2, 0.25) is 5.91 Å². The third kappa shape index (κ3) is 4.91. The number of hydrogen-bond donors (Lipinski definition) is 0. The van der Waals surface area contributed by atoms with Crippen molar-refractivity contribution < 1.29 is 19.1 Å². The summed E-state index contributed by atoms with van der Waals surface area (Å²) < 4.78 is 9.92. The van der Waals surface area contributed by atoms with Crippen LogP contribution < -0.4 is 4.74 Å². The third-order valence-electron chi connectivity index (χ3n) is 2.87. The van der Waals surface area contributed by atoms with Gasteiger partial charge in [-0.3, -0.25) is 9.59 Å². The van der Waals surface area contributed by atoms with Gasteiger partial charge in [-0.05, 0) is 31.5 Å². The number of hydrogen-bond acceptors (Lipinski definition) is 4.